The average molecular weight is 437 g/mol. The molecule has 5 nitrogen and oxygen atoms in total. The molecule has 4 rings (SSSR count). The lowest BCUT2D eigenvalue weighted by Crippen LogP contribution is -2.41. The number of aliphatic carboxylic acids is 1. The summed E-state index contributed by atoms with van der Waals surface area (Å²) in [5, 5.41) is 11.7. The maximum atomic E-state index is 13.8. The zero-order chi connectivity index (χ0) is 22.7. The van der Waals surface area contributed by atoms with Crippen molar-refractivity contribution in [3.05, 3.63) is 95.1 Å². The lowest BCUT2D eigenvalue weighted by molar-refractivity contribution is -0.139. The first-order chi connectivity index (χ1) is 15.4. The van der Waals surface area contributed by atoms with Crippen LogP contribution < -0.4 is 5.32 Å². The summed E-state index contributed by atoms with van der Waals surface area (Å²) in [6.45, 7) is 0.0464. The van der Waals surface area contributed by atoms with Crippen LogP contribution in [0.4, 0.5) is 13.6 Å². The second-order valence-electron chi connectivity index (χ2n) is 7.64. The number of fused-ring (bicyclic) bond motifs is 3. The maximum absolute atomic E-state index is 13.8. The normalized spacial score (nSPS) is 13.2. The van der Waals surface area contributed by atoms with Gasteiger partial charge in [-0.25, -0.2) is 18.4 Å². The molecular formula is C25H21F2NO4. The fraction of sp³-hybridized carbons (Fsp3) is 0.200. The number of carbonyl (C=O) groups is 2. The van der Waals surface area contributed by atoms with Crippen molar-refractivity contribution in [1.82, 2.24) is 5.32 Å². The number of amides is 1. The van der Waals surface area contributed by atoms with E-state index < -0.39 is 29.7 Å². The highest BCUT2D eigenvalue weighted by atomic mass is 19.1. The molecule has 0 aromatic heterocycles. The second-order valence-corrected chi connectivity index (χ2v) is 7.64. The van der Waals surface area contributed by atoms with Crippen LogP contribution in [0.2, 0.25) is 0 Å². The largest absolute Gasteiger partial charge is 0.480 e. The van der Waals surface area contributed by atoms with E-state index in [0.29, 0.717) is 0 Å². The molecule has 0 radical (unpaired) electrons. The fourth-order valence-corrected chi connectivity index (χ4v) is 4.07. The number of halogens is 2. The minimum atomic E-state index is -1.30. The van der Waals surface area contributed by atoms with Crippen molar-refractivity contribution in [3.8, 4) is 11.1 Å². The third-order valence-electron chi connectivity index (χ3n) is 5.64. The number of aryl methyl sites for hydroxylation is 1. The number of nitrogens with one attached hydrogen (secondary N) is 1. The summed E-state index contributed by atoms with van der Waals surface area (Å²) in [5.41, 5.74) is 4.29. The van der Waals surface area contributed by atoms with Gasteiger partial charge in [0.25, 0.3) is 0 Å². The van der Waals surface area contributed by atoms with Crippen molar-refractivity contribution in [1.29, 1.82) is 0 Å². The summed E-state index contributed by atoms with van der Waals surface area (Å²) in [7, 11) is 0. The molecule has 32 heavy (non-hydrogen) atoms. The lowest BCUT2D eigenvalue weighted by Gasteiger charge is -2.17. The van der Waals surface area contributed by atoms with Crippen LogP contribution in [-0.4, -0.2) is 29.8 Å². The van der Waals surface area contributed by atoms with Gasteiger partial charge in [0.1, 0.15) is 24.3 Å². The second kappa shape index (κ2) is 9.18. The standard InChI is InChI=1S/C25H21F2NO4/c26-16-10-11-22(27)15(13-16)9-12-23(24(29)30)28-25(31)32-14-21-19-7-3-1-5-17(19)18-6-2-4-8-20(18)21/h1-8,10-11,13,21,23H,9,12,14H2,(H,28,31)(H,29,30)/t23-/m1/s1. The molecule has 0 heterocycles. The quantitative estimate of drug-likeness (QED) is 0.552. The first-order valence-electron chi connectivity index (χ1n) is 10.2. The smallest absolute Gasteiger partial charge is 0.407 e. The van der Waals surface area contributed by atoms with Crippen LogP contribution in [0.25, 0.3) is 11.1 Å². The van der Waals surface area contributed by atoms with Crippen LogP contribution >= 0.6 is 0 Å². The number of ether oxygens (including phenoxy) is 1. The Kier molecular flexibility index (Phi) is 6.16. The number of carboxylic acid groups (broad SMARTS) is 1. The zero-order valence-electron chi connectivity index (χ0n) is 17.1. The Labute approximate surface area is 183 Å². The van der Waals surface area contributed by atoms with Gasteiger partial charge in [0.05, 0.1) is 0 Å². The molecule has 1 aliphatic rings. The topological polar surface area (TPSA) is 75.6 Å². The molecule has 0 aliphatic heterocycles. The van der Waals surface area contributed by atoms with Crippen molar-refractivity contribution < 1.29 is 28.2 Å². The van der Waals surface area contributed by atoms with E-state index in [1.165, 1.54) is 0 Å². The average Bonchev–Trinajstić information content (AvgIpc) is 3.11. The van der Waals surface area contributed by atoms with Crippen molar-refractivity contribution in [2.75, 3.05) is 6.61 Å². The molecule has 1 atom stereocenters. The van der Waals surface area contributed by atoms with Crippen LogP contribution in [0.15, 0.2) is 66.7 Å². The van der Waals surface area contributed by atoms with Gasteiger partial charge in [0.15, 0.2) is 0 Å². The van der Waals surface area contributed by atoms with Crippen LogP contribution in [0.1, 0.15) is 29.0 Å². The predicted molar refractivity (Wildman–Crippen MR) is 114 cm³/mol. The SMILES string of the molecule is O=C(N[C@H](CCc1cc(F)ccc1F)C(=O)O)OCC1c2ccccc2-c2ccccc21. The van der Waals surface area contributed by atoms with Crippen molar-refractivity contribution in [3.63, 3.8) is 0 Å². The van der Waals surface area contributed by atoms with Gasteiger partial charge in [-0.05, 0) is 58.9 Å². The number of carbonyl (C=O) groups excluding carboxylic acids is 1. The Balaban J connectivity index is 1.39. The highest BCUT2D eigenvalue weighted by molar-refractivity contribution is 5.81. The summed E-state index contributed by atoms with van der Waals surface area (Å²) in [4.78, 5) is 23.9. The van der Waals surface area contributed by atoms with Crippen LogP contribution in [0.5, 0.6) is 0 Å². The molecular weight excluding hydrogens is 416 g/mol. The van der Waals surface area contributed by atoms with Crippen molar-refractivity contribution in [2.24, 2.45) is 0 Å². The molecule has 1 amide bonds. The van der Waals surface area contributed by atoms with Gasteiger partial charge in [-0.15, -0.1) is 0 Å². The van der Waals surface area contributed by atoms with E-state index in [-0.39, 0.29) is 30.9 Å². The van der Waals surface area contributed by atoms with Gasteiger partial charge in [0, 0.05) is 5.92 Å². The Morgan fingerprint density at radius 2 is 1.59 bits per heavy atom. The van der Waals surface area contributed by atoms with Crippen LogP contribution in [0.3, 0.4) is 0 Å². The third kappa shape index (κ3) is 4.46. The number of rotatable bonds is 7. The first kappa shape index (κ1) is 21.5. The summed E-state index contributed by atoms with van der Waals surface area (Å²) in [6, 6.07) is 17.4. The molecule has 0 spiro atoms. The van der Waals surface area contributed by atoms with E-state index in [9.17, 15) is 23.5 Å². The van der Waals surface area contributed by atoms with Crippen LogP contribution in [0, 0.1) is 11.6 Å². The predicted octanol–water partition coefficient (Wildman–Crippen LogP) is 4.89. The summed E-state index contributed by atoms with van der Waals surface area (Å²) in [6.07, 6.45) is -1.04. The molecule has 1 aliphatic carbocycles. The third-order valence-corrected chi connectivity index (χ3v) is 5.64. The molecule has 0 fully saturated rings. The molecule has 3 aromatic rings. The minimum Gasteiger partial charge on any atom is -0.480 e. The first-order valence-corrected chi connectivity index (χ1v) is 10.2. The summed E-state index contributed by atoms with van der Waals surface area (Å²) >= 11 is 0. The maximum Gasteiger partial charge on any atom is 0.407 e. The molecule has 0 saturated heterocycles. The number of carboxylic acids is 1. The van der Waals surface area contributed by atoms with Crippen molar-refractivity contribution in [2.45, 2.75) is 24.8 Å². The van der Waals surface area contributed by atoms with Gasteiger partial charge in [0.2, 0.25) is 0 Å². The number of benzene rings is 3. The van der Waals surface area contributed by atoms with E-state index in [1.807, 2.05) is 48.5 Å². The Morgan fingerprint density at radius 1 is 0.969 bits per heavy atom. The minimum absolute atomic E-state index is 0.0464. The van der Waals surface area contributed by atoms with E-state index in [2.05, 4.69) is 5.32 Å². The molecule has 0 unspecified atom stereocenters. The van der Waals surface area contributed by atoms with E-state index in [1.54, 1.807) is 0 Å². The number of hydrogen-bond donors (Lipinski definition) is 2. The van der Waals surface area contributed by atoms with E-state index >= 15 is 0 Å². The molecule has 0 bridgehead atoms. The van der Waals surface area contributed by atoms with Gasteiger partial charge in [-0.1, -0.05) is 48.5 Å². The number of alkyl carbamates (subject to hydrolysis) is 1. The fourth-order valence-electron chi connectivity index (χ4n) is 4.07. The molecule has 0 saturated carbocycles. The Hall–Kier alpha value is -3.74. The van der Waals surface area contributed by atoms with Gasteiger partial charge < -0.3 is 15.2 Å². The van der Waals surface area contributed by atoms with Crippen LogP contribution in [-0.2, 0) is 16.0 Å². The molecule has 7 heteroatoms. The number of hydrogen-bond acceptors (Lipinski definition) is 3. The summed E-state index contributed by atoms with van der Waals surface area (Å²) in [5.74, 6) is -2.68. The van der Waals surface area contributed by atoms with E-state index in [0.717, 1.165) is 40.5 Å². The van der Waals surface area contributed by atoms with Crippen molar-refractivity contribution >= 4 is 12.1 Å². The molecule has 3 aromatic carbocycles. The highest BCUT2D eigenvalue weighted by Crippen LogP contribution is 2.44. The monoisotopic (exact) mass is 437 g/mol. The zero-order valence-corrected chi connectivity index (χ0v) is 17.1. The van der Waals surface area contributed by atoms with Gasteiger partial charge in [-0.3, -0.25) is 0 Å². The molecule has 164 valence electrons. The lowest BCUT2D eigenvalue weighted by atomic mass is 9.98. The van der Waals surface area contributed by atoms with E-state index in [4.69, 9.17) is 4.74 Å². The Bertz CT molecular complexity index is 1120. The highest BCUT2D eigenvalue weighted by Gasteiger charge is 2.29. The van der Waals surface area contributed by atoms with Gasteiger partial charge in [-0.2, -0.15) is 0 Å². The summed E-state index contributed by atoms with van der Waals surface area (Å²) < 4.78 is 32.5. The molecule has 2 N–H and O–H groups in total. The van der Waals surface area contributed by atoms with Gasteiger partial charge >= 0.3 is 12.1 Å². The Morgan fingerprint density at radius 3 is 2.22 bits per heavy atom.